The predicted octanol–water partition coefficient (Wildman–Crippen LogP) is 5.47. The molecule has 0 spiro atoms. The molecule has 4 aromatic rings. The molecule has 0 saturated carbocycles. The van der Waals surface area contributed by atoms with Crippen LogP contribution in [0, 0.1) is 0 Å². The van der Waals surface area contributed by atoms with Crippen molar-refractivity contribution in [3.63, 3.8) is 0 Å². The zero-order valence-corrected chi connectivity index (χ0v) is 17.1. The summed E-state index contributed by atoms with van der Waals surface area (Å²) in [6.07, 6.45) is 0. The molecular formula is C25H24N2O3. The summed E-state index contributed by atoms with van der Waals surface area (Å²) in [4.78, 5) is 20.4. The number of carbonyl (C=O) groups is 1. The molecule has 0 aliphatic heterocycles. The molecule has 1 aromatic heterocycles. The van der Waals surface area contributed by atoms with Crippen molar-refractivity contribution < 1.29 is 14.3 Å². The second-order valence-electron chi connectivity index (χ2n) is 7.14. The van der Waals surface area contributed by atoms with E-state index in [1.807, 2.05) is 67.6 Å². The van der Waals surface area contributed by atoms with Crippen LogP contribution in [0.2, 0.25) is 0 Å². The van der Waals surface area contributed by atoms with Crippen LogP contribution in [0.15, 0.2) is 72.8 Å². The molecule has 0 bridgehead atoms. The molecule has 0 aliphatic carbocycles. The van der Waals surface area contributed by atoms with Gasteiger partial charge in [-0.2, -0.15) is 0 Å². The van der Waals surface area contributed by atoms with E-state index in [4.69, 9.17) is 14.5 Å². The maximum Gasteiger partial charge on any atom is 0.338 e. The molecular weight excluding hydrogens is 376 g/mol. The van der Waals surface area contributed by atoms with Crippen LogP contribution in [0.4, 0.5) is 0 Å². The minimum absolute atomic E-state index is 0.0577. The fraction of sp³-hybridized carbons (Fsp3) is 0.200. The van der Waals surface area contributed by atoms with E-state index in [0.717, 1.165) is 33.7 Å². The normalized spacial score (nSPS) is 11.9. The highest BCUT2D eigenvalue weighted by molar-refractivity contribution is 5.89. The summed E-state index contributed by atoms with van der Waals surface area (Å²) in [6, 6.07) is 23.0. The van der Waals surface area contributed by atoms with E-state index < -0.39 is 0 Å². The summed E-state index contributed by atoms with van der Waals surface area (Å²) in [6.45, 7) is 4.94. The van der Waals surface area contributed by atoms with E-state index in [2.05, 4.69) is 11.9 Å². The highest BCUT2D eigenvalue weighted by Gasteiger charge is 2.15. The zero-order chi connectivity index (χ0) is 20.9. The maximum absolute atomic E-state index is 12.3. The van der Waals surface area contributed by atoms with Gasteiger partial charge in [0.15, 0.2) is 0 Å². The standard InChI is InChI=1S/C25H24N2O3/c1-3-29-21-13-14-22-23(15-21)27-24(26-22)17(2)19-9-11-20(12-10-19)25(28)30-16-18-7-5-4-6-8-18/h4-15,17H,3,16H2,1-2H3,(H,26,27). The van der Waals surface area contributed by atoms with Gasteiger partial charge in [0.2, 0.25) is 0 Å². The van der Waals surface area contributed by atoms with Gasteiger partial charge in [0.1, 0.15) is 18.2 Å². The fourth-order valence-corrected chi connectivity index (χ4v) is 3.34. The number of ether oxygens (including phenoxy) is 2. The number of rotatable bonds is 7. The molecule has 30 heavy (non-hydrogen) atoms. The minimum Gasteiger partial charge on any atom is -0.494 e. The number of benzene rings is 3. The van der Waals surface area contributed by atoms with Gasteiger partial charge in [0, 0.05) is 12.0 Å². The number of aromatic nitrogens is 2. The number of imidazole rings is 1. The SMILES string of the molecule is CCOc1ccc2nc(C(C)c3ccc(C(=O)OCc4ccccc4)cc3)[nH]c2c1. The van der Waals surface area contributed by atoms with Gasteiger partial charge in [-0.1, -0.05) is 49.4 Å². The van der Waals surface area contributed by atoms with Crippen molar-refractivity contribution in [1.29, 1.82) is 0 Å². The molecule has 5 nitrogen and oxygen atoms in total. The summed E-state index contributed by atoms with van der Waals surface area (Å²) in [5, 5.41) is 0. The summed E-state index contributed by atoms with van der Waals surface area (Å²) in [7, 11) is 0. The first-order chi connectivity index (χ1) is 14.6. The van der Waals surface area contributed by atoms with Crippen molar-refractivity contribution in [2.45, 2.75) is 26.4 Å². The van der Waals surface area contributed by atoms with Crippen molar-refractivity contribution in [3.8, 4) is 5.75 Å². The highest BCUT2D eigenvalue weighted by atomic mass is 16.5. The van der Waals surface area contributed by atoms with Gasteiger partial charge >= 0.3 is 5.97 Å². The average molecular weight is 400 g/mol. The molecule has 1 heterocycles. The lowest BCUT2D eigenvalue weighted by Crippen LogP contribution is -2.06. The summed E-state index contributed by atoms with van der Waals surface area (Å²) in [5.74, 6) is 1.43. The van der Waals surface area contributed by atoms with Crippen molar-refractivity contribution in [3.05, 3.63) is 95.3 Å². The first-order valence-corrected chi connectivity index (χ1v) is 10.1. The van der Waals surface area contributed by atoms with Crippen LogP contribution in [-0.2, 0) is 11.3 Å². The monoisotopic (exact) mass is 400 g/mol. The molecule has 1 unspecified atom stereocenters. The lowest BCUT2D eigenvalue weighted by atomic mass is 9.99. The van der Waals surface area contributed by atoms with E-state index in [9.17, 15) is 4.79 Å². The summed E-state index contributed by atoms with van der Waals surface area (Å²) in [5.41, 5.74) is 4.42. The Labute approximate surface area is 175 Å². The molecule has 5 heteroatoms. The van der Waals surface area contributed by atoms with Crippen LogP contribution in [0.25, 0.3) is 11.0 Å². The second-order valence-corrected chi connectivity index (χ2v) is 7.14. The van der Waals surface area contributed by atoms with Crippen molar-refractivity contribution in [2.24, 2.45) is 0 Å². The fourth-order valence-electron chi connectivity index (χ4n) is 3.34. The van der Waals surface area contributed by atoms with Gasteiger partial charge in [0.25, 0.3) is 0 Å². The van der Waals surface area contributed by atoms with E-state index in [0.29, 0.717) is 12.2 Å². The van der Waals surface area contributed by atoms with Gasteiger partial charge in [-0.25, -0.2) is 9.78 Å². The number of H-pyrrole nitrogens is 1. The molecule has 152 valence electrons. The Bertz CT molecular complexity index is 1130. The van der Waals surface area contributed by atoms with Crippen molar-refractivity contribution in [2.75, 3.05) is 6.61 Å². The van der Waals surface area contributed by atoms with Gasteiger partial charge in [0.05, 0.1) is 23.2 Å². The minimum atomic E-state index is -0.328. The van der Waals surface area contributed by atoms with E-state index in [1.165, 1.54) is 0 Å². The van der Waals surface area contributed by atoms with Crippen molar-refractivity contribution >= 4 is 17.0 Å². The lowest BCUT2D eigenvalue weighted by Gasteiger charge is -2.10. The Morgan fingerprint density at radius 2 is 1.80 bits per heavy atom. The Kier molecular flexibility index (Phi) is 5.80. The van der Waals surface area contributed by atoms with Crippen LogP contribution in [0.1, 0.15) is 47.1 Å². The Balaban J connectivity index is 1.45. The molecule has 3 aromatic carbocycles. The number of hydrogen-bond donors (Lipinski definition) is 1. The molecule has 1 N–H and O–H groups in total. The second kappa shape index (κ2) is 8.82. The van der Waals surface area contributed by atoms with Gasteiger partial charge < -0.3 is 14.5 Å². The third-order valence-corrected chi connectivity index (χ3v) is 5.05. The largest absolute Gasteiger partial charge is 0.494 e. The number of carbonyl (C=O) groups excluding carboxylic acids is 1. The van der Waals surface area contributed by atoms with Crippen LogP contribution in [-0.4, -0.2) is 22.5 Å². The number of hydrogen-bond acceptors (Lipinski definition) is 4. The van der Waals surface area contributed by atoms with Crippen LogP contribution in [0.3, 0.4) is 0 Å². The molecule has 0 saturated heterocycles. The van der Waals surface area contributed by atoms with E-state index >= 15 is 0 Å². The third kappa shape index (κ3) is 4.35. The molecule has 0 radical (unpaired) electrons. The average Bonchev–Trinajstić information content (AvgIpc) is 3.21. The van der Waals surface area contributed by atoms with E-state index in [-0.39, 0.29) is 18.5 Å². The summed E-state index contributed by atoms with van der Waals surface area (Å²) < 4.78 is 11.0. The number of fused-ring (bicyclic) bond motifs is 1. The van der Waals surface area contributed by atoms with Gasteiger partial charge in [-0.05, 0) is 42.3 Å². The maximum atomic E-state index is 12.3. The van der Waals surface area contributed by atoms with Crippen LogP contribution in [0.5, 0.6) is 5.75 Å². The number of aromatic amines is 1. The number of nitrogens with one attached hydrogen (secondary N) is 1. The molecule has 1 atom stereocenters. The topological polar surface area (TPSA) is 64.2 Å². The molecule has 0 fully saturated rings. The van der Waals surface area contributed by atoms with Crippen LogP contribution < -0.4 is 4.74 Å². The molecule has 0 amide bonds. The third-order valence-electron chi connectivity index (χ3n) is 5.05. The lowest BCUT2D eigenvalue weighted by molar-refractivity contribution is 0.0472. The first-order valence-electron chi connectivity index (χ1n) is 10.1. The molecule has 4 rings (SSSR count). The zero-order valence-electron chi connectivity index (χ0n) is 17.1. The Hall–Kier alpha value is -3.60. The quantitative estimate of drug-likeness (QED) is 0.418. The van der Waals surface area contributed by atoms with Gasteiger partial charge in [-0.15, -0.1) is 0 Å². The van der Waals surface area contributed by atoms with Crippen LogP contribution >= 0.6 is 0 Å². The smallest absolute Gasteiger partial charge is 0.338 e. The van der Waals surface area contributed by atoms with E-state index in [1.54, 1.807) is 12.1 Å². The first kappa shape index (κ1) is 19.7. The molecule has 0 aliphatic rings. The number of nitrogens with zero attached hydrogens (tertiary/aromatic N) is 1. The number of esters is 1. The van der Waals surface area contributed by atoms with Gasteiger partial charge in [-0.3, -0.25) is 0 Å². The summed E-state index contributed by atoms with van der Waals surface area (Å²) >= 11 is 0. The predicted molar refractivity (Wildman–Crippen MR) is 117 cm³/mol. The Morgan fingerprint density at radius 3 is 2.53 bits per heavy atom. The Morgan fingerprint density at radius 1 is 1.03 bits per heavy atom. The highest BCUT2D eigenvalue weighted by Crippen LogP contribution is 2.26. The van der Waals surface area contributed by atoms with Crippen molar-refractivity contribution in [1.82, 2.24) is 9.97 Å².